The Morgan fingerprint density at radius 2 is 1.69 bits per heavy atom. The highest BCUT2D eigenvalue weighted by molar-refractivity contribution is 5.63. The summed E-state index contributed by atoms with van der Waals surface area (Å²) in [5.74, 6) is -0.932. The van der Waals surface area contributed by atoms with Crippen LogP contribution in [0.1, 0.15) is 39.5 Å². The van der Waals surface area contributed by atoms with E-state index in [1.807, 2.05) is 6.92 Å². The van der Waals surface area contributed by atoms with Gasteiger partial charge in [-0.25, -0.2) is 0 Å². The summed E-state index contributed by atoms with van der Waals surface area (Å²) in [7, 11) is 4.28. The van der Waals surface area contributed by atoms with Crippen LogP contribution in [-0.4, -0.2) is 26.6 Å². The Hall–Kier alpha value is -0.570. The molecule has 0 aliphatic heterocycles. The van der Waals surface area contributed by atoms with Crippen LogP contribution < -0.4 is 10.0 Å². The standard InChI is InChI=1S/C6H12O2.C4H11N/c1-2-3-4-5-6(7)8;1-4-5(2)3/h2-5H2,1H3,(H,7,8);4H2,1-3H3. The zero-order chi connectivity index (χ0) is 10.7. The first-order valence-corrected chi connectivity index (χ1v) is 5.03. The van der Waals surface area contributed by atoms with Crippen molar-refractivity contribution in [3.8, 4) is 0 Å². The van der Waals surface area contributed by atoms with Gasteiger partial charge in [-0.15, -0.1) is 0 Å². The highest BCUT2D eigenvalue weighted by Crippen LogP contribution is 1.96. The van der Waals surface area contributed by atoms with Crippen LogP contribution in [-0.2, 0) is 4.79 Å². The number of unbranched alkanes of at least 4 members (excludes halogenated alkanes) is 2. The van der Waals surface area contributed by atoms with Crippen LogP contribution >= 0.6 is 0 Å². The van der Waals surface area contributed by atoms with Gasteiger partial charge in [0.1, 0.15) is 0 Å². The van der Waals surface area contributed by atoms with Crippen LogP contribution in [0.15, 0.2) is 0 Å². The lowest BCUT2D eigenvalue weighted by atomic mass is 10.2. The first kappa shape index (κ1) is 14.9. The van der Waals surface area contributed by atoms with E-state index in [2.05, 4.69) is 21.0 Å². The Bertz CT molecular complexity index is 113. The Labute approximate surface area is 81.7 Å². The fourth-order valence-corrected chi connectivity index (χ4v) is 0.519. The Kier molecular flexibility index (Phi) is 13.1. The van der Waals surface area contributed by atoms with Gasteiger partial charge >= 0.3 is 0 Å². The van der Waals surface area contributed by atoms with E-state index in [1.165, 1.54) is 11.4 Å². The fraction of sp³-hybridized carbons (Fsp3) is 0.900. The van der Waals surface area contributed by atoms with Crippen molar-refractivity contribution >= 4 is 5.97 Å². The van der Waals surface area contributed by atoms with E-state index in [1.54, 1.807) is 0 Å². The second-order valence-corrected chi connectivity index (χ2v) is 3.39. The highest BCUT2D eigenvalue weighted by atomic mass is 16.4. The molecule has 0 bridgehead atoms. The number of carbonyl (C=O) groups is 1. The van der Waals surface area contributed by atoms with E-state index in [0.717, 1.165) is 19.3 Å². The normalized spacial score (nSPS) is 9.31. The summed E-state index contributed by atoms with van der Waals surface area (Å²) in [4.78, 5) is 11.3. The molecule has 0 amide bonds. The average molecular weight is 189 g/mol. The summed E-state index contributed by atoms with van der Waals surface area (Å²) in [6, 6.07) is 0. The minimum atomic E-state index is -0.932. The monoisotopic (exact) mass is 189 g/mol. The quantitative estimate of drug-likeness (QED) is 0.591. The van der Waals surface area contributed by atoms with Gasteiger partial charge in [-0.05, 0) is 19.8 Å². The zero-order valence-electron chi connectivity index (χ0n) is 9.35. The molecule has 0 heterocycles. The third-order valence-electron chi connectivity index (χ3n) is 1.69. The maximum atomic E-state index is 9.76. The lowest BCUT2D eigenvalue weighted by Crippen LogP contribution is -3.05. The molecular weight excluding hydrogens is 166 g/mol. The maximum Gasteiger partial charge on any atom is 0.0738 e. The number of hydrogen-bond donors (Lipinski definition) is 1. The molecule has 0 spiro atoms. The average Bonchev–Trinajstić information content (AvgIpc) is 2.05. The molecular formula is C10H23NO2. The smallest absolute Gasteiger partial charge is 0.0738 e. The molecule has 0 aliphatic rings. The Balaban J connectivity index is 0. The van der Waals surface area contributed by atoms with Gasteiger partial charge in [0.2, 0.25) is 0 Å². The Morgan fingerprint density at radius 3 is 1.92 bits per heavy atom. The summed E-state index contributed by atoms with van der Waals surface area (Å²) in [6.45, 7) is 5.42. The first-order chi connectivity index (χ1) is 6.04. The molecule has 0 rings (SSSR count). The molecule has 80 valence electrons. The van der Waals surface area contributed by atoms with Crippen molar-refractivity contribution in [2.45, 2.75) is 39.5 Å². The lowest BCUT2D eigenvalue weighted by Gasteiger charge is -1.97. The highest BCUT2D eigenvalue weighted by Gasteiger charge is 1.84. The number of hydrogen-bond acceptors (Lipinski definition) is 2. The molecule has 0 aromatic heterocycles. The van der Waals surface area contributed by atoms with E-state index in [4.69, 9.17) is 0 Å². The van der Waals surface area contributed by atoms with Crippen LogP contribution in [0.25, 0.3) is 0 Å². The van der Waals surface area contributed by atoms with Crippen LogP contribution in [0.5, 0.6) is 0 Å². The number of aliphatic carboxylic acids is 1. The molecule has 3 heteroatoms. The molecule has 1 N–H and O–H groups in total. The third kappa shape index (κ3) is 24.6. The first-order valence-electron chi connectivity index (χ1n) is 5.03. The number of carboxylic acids is 1. The summed E-state index contributed by atoms with van der Waals surface area (Å²) >= 11 is 0. The maximum absolute atomic E-state index is 9.76. The van der Waals surface area contributed by atoms with Gasteiger partial charge in [0.15, 0.2) is 0 Å². The molecule has 0 unspecified atom stereocenters. The molecule has 0 aromatic carbocycles. The van der Waals surface area contributed by atoms with E-state index >= 15 is 0 Å². The van der Waals surface area contributed by atoms with Gasteiger partial charge in [0, 0.05) is 5.97 Å². The van der Waals surface area contributed by atoms with Crippen LogP contribution in [0.4, 0.5) is 0 Å². The summed E-state index contributed by atoms with van der Waals surface area (Å²) in [6.07, 6.45) is 3.04. The molecule has 0 saturated heterocycles. The van der Waals surface area contributed by atoms with E-state index in [-0.39, 0.29) is 6.42 Å². The zero-order valence-corrected chi connectivity index (χ0v) is 9.35. The van der Waals surface area contributed by atoms with Gasteiger partial charge in [-0.2, -0.15) is 0 Å². The molecule has 3 nitrogen and oxygen atoms in total. The van der Waals surface area contributed by atoms with Crippen LogP contribution in [0, 0.1) is 0 Å². The molecule has 0 aromatic rings. The molecule has 13 heavy (non-hydrogen) atoms. The van der Waals surface area contributed by atoms with Crippen molar-refractivity contribution in [2.75, 3.05) is 20.6 Å². The predicted octanol–water partition coefficient (Wildman–Crippen LogP) is -0.533. The molecule has 0 saturated carbocycles. The minimum absolute atomic E-state index is 0.216. The van der Waals surface area contributed by atoms with Crippen LogP contribution in [0.2, 0.25) is 0 Å². The summed E-state index contributed by atoms with van der Waals surface area (Å²) in [5.41, 5.74) is 0. The van der Waals surface area contributed by atoms with Gasteiger partial charge < -0.3 is 14.8 Å². The van der Waals surface area contributed by atoms with E-state index < -0.39 is 5.97 Å². The Morgan fingerprint density at radius 1 is 1.23 bits per heavy atom. The second kappa shape index (κ2) is 11.4. The molecule has 0 radical (unpaired) electrons. The van der Waals surface area contributed by atoms with Gasteiger partial charge in [-0.3, -0.25) is 0 Å². The minimum Gasteiger partial charge on any atom is -0.550 e. The third-order valence-corrected chi connectivity index (χ3v) is 1.69. The van der Waals surface area contributed by atoms with Gasteiger partial charge in [-0.1, -0.05) is 19.8 Å². The number of nitrogens with one attached hydrogen (secondary N) is 1. The van der Waals surface area contributed by atoms with E-state index in [0.29, 0.717) is 0 Å². The van der Waals surface area contributed by atoms with Gasteiger partial charge in [0.05, 0.1) is 20.6 Å². The van der Waals surface area contributed by atoms with Crippen molar-refractivity contribution < 1.29 is 14.8 Å². The van der Waals surface area contributed by atoms with Crippen molar-refractivity contribution in [2.24, 2.45) is 0 Å². The van der Waals surface area contributed by atoms with Crippen molar-refractivity contribution in [1.82, 2.24) is 0 Å². The fourth-order valence-electron chi connectivity index (χ4n) is 0.519. The molecule has 0 aliphatic carbocycles. The predicted molar refractivity (Wildman–Crippen MR) is 52.5 cm³/mol. The molecule has 0 fully saturated rings. The second-order valence-electron chi connectivity index (χ2n) is 3.39. The van der Waals surface area contributed by atoms with Crippen LogP contribution in [0.3, 0.4) is 0 Å². The van der Waals surface area contributed by atoms with Crippen molar-refractivity contribution in [3.63, 3.8) is 0 Å². The van der Waals surface area contributed by atoms with Crippen molar-refractivity contribution in [1.29, 1.82) is 0 Å². The van der Waals surface area contributed by atoms with E-state index in [9.17, 15) is 9.90 Å². The number of rotatable bonds is 5. The SMILES string of the molecule is CCCCCC(=O)[O-].CC[NH+](C)C. The lowest BCUT2D eigenvalue weighted by molar-refractivity contribution is -0.856. The largest absolute Gasteiger partial charge is 0.550 e. The number of quaternary nitrogens is 1. The summed E-state index contributed by atoms with van der Waals surface area (Å²) < 4.78 is 0. The topological polar surface area (TPSA) is 44.6 Å². The van der Waals surface area contributed by atoms with Crippen molar-refractivity contribution in [3.05, 3.63) is 0 Å². The summed E-state index contributed by atoms with van der Waals surface area (Å²) in [5, 5.41) is 9.76. The van der Waals surface area contributed by atoms with Gasteiger partial charge in [0.25, 0.3) is 0 Å². The number of carbonyl (C=O) groups excluding carboxylic acids is 1. The number of carboxylic acid groups (broad SMARTS) is 1. The molecule has 0 atom stereocenters.